The number of nitrogens with zero attached hydrogens (tertiary/aromatic N) is 1. The molecule has 2 rings (SSSR count). The molecule has 1 aliphatic heterocycles. The molecule has 0 radical (unpaired) electrons. The molecule has 4 N–H and O–H groups in total. The molecular formula is C31H50N5O5+. The van der Waals surface area contributed by atoms with E-state index < -0.39 is 47.0 Å². The van der Waals surface area contributed by atoms with Crippen molar-refractivity contribution < 1.29 is 28.5 Å². The number of carbonyl (C=O) groups is 5. The van der Waals surface area contributed by atoms with Gasteiger partial charge in [0, 0.05) is 25.3 Å². The fourth-order valence-electron chi connectivity index (χ4n) is 4.88. The van der Waals surface area contributed by atoms with Crippen molar-refractivity contribution in [2.75, 3.05) is 20.6 Å². The molecule has 0 aromatic heterocycles. The van der Waals surface area contributed by atoms with Crippen molar-refractivity contribution in [3.63, 3.8) is 0 Å². The molecule has 5 atom stereocenters. The summed E-state index contributed by atoms with van der Waals surface area (Å²) < 4.78 is 0.855. The monoisotopic (exact) mass is 572 g/mol. The van der Waals surface area contributed by atoms with E-state index in [0.717, 1.165) is 29.4 Å². The van der Waals surface area contributed by atoms with E-state index in [1.54, 1.807) is 13.8 Å². The van der Waals surface area contributed by atoms with Crippen molar-refractivity contribution in [3.8, 4) is 0 Å². The molecule has 1 fully saturated rings. The summed E-state index contributed by atoms with van der Waals surface area (Å²) in [6.45, 7) is 13.7. The Bertz CT molecular complexity index is 1100. The van der Waals surface area contributed by atoms with Crippen LogP contribution in [0.25, 0.3) is 0 Å². The Morgan fingerprint density at radius 1 is 0.927 bits per heavy atom. The van der Waals surface area contributed by atoms with Gasteiger partial charge in [-0.2, -0.15) is 0 Å². The average Bonchev–Trinajstić information content (AvgIpc) is 2.89. The van der Waals surface area contributed by atoms with Crippen molar-refractivity contribution in [1.29, 1.82) is 0 Å². The van der Waals surface area contributed by atoms with Crippen LogP contribution >= 0.6 is 0 Å². The summed E-state index contributed by atoms with van der Waals surface area (Å²) in [5.41, 5.74) is 0.232. The zero-order valence-electron chi connectivity index (χ0n) is 26.2. The van der Waals surface area contributed by atoms with Crippen molar-refractivity contribution in [2.24, 2.45) is 17.3 Å². The second-order valence-corrected chi connectivity index (χ2v) is 13.4. The lowest BCUT2D eigenvalue weighted by Gasteiger charge is -2.43. The first-order valence-corrected chi connectivity index (χ1v) is 14.5. The Morgan fingerprint density at radius 2 is 1.54 bits per heavy atom. The highest BCUT2D eigenvalue weighted by Crippen LogP contribution is 2.27. The normalized spacial score (nSPS) is 20.7. The molecule has 1 aromatic carbocycles. The second kappa shape index (κ2) is 14.1. The third kappa shape index (κ3) is 9.66. The van der Waals surface area contributed by atoms with E-state index in [0.29, 0.717) is 6.04 Å². The molecule has 1 heterocycles. The van der Waals surface area contributed by atoms with Gasteiger partial charge in [0.05, 0.1) is 32.7 Å². The smallest absolute Gasteiger partial charge is 0.289 e. The van der Waals surface area contributed by atoms with Gasteiger partial charge >= 0.3 is 0 Å². The topological polar surface area (TPSA) is 133 Å². The van der Waals surface area contributed by atoms with Crippen molar-refractivity contribution in [3.05, 3.63) is 35.9 Å². The van der Waals surface area contributed by atoms with Gasteiger partial charge in [0.1, 0.15) is 12.1 Å². The van der Waals surface area contributed by atoms with Crippen molar-refractivity contribution in [2.45, 2.75) is 92.0 Å². The largest absolute Gasteiger partial charge is 0.345 e. The lowest BCUT2D eigenvalue weighted by Crippen LogP contribution is -2.60. The van der Waals surface area contributed by atoms with E-state index in [1.807, 2.05) is 51.1 Å². The Labute approximate surface area is 245 Å². The number of carbonyl (C=O) groups excluding carboxylic acids is 5. The summed E-state index contributed by atoms with van der Waals surface area (Å²) >= 11 is 0. The molecule has 0 spiro atoms. The second-order valence-electron chi connectivity index (χ2n) is 13.4. The van der Waals surface area contributed by atoms with Crippen LogP contribution in [0.3, 0.4) is 0 Å². The number of piperidine rings is 1. The Morgan fingerprint density at radius 3 is 2.07 bits per heavy atom. The van der Waals surface area contributed by atoms with Crippen LogP contribution in [0.1, 0.15) is 66.9 Å². The molecule has 1 aromatic rings. The Balaban J connectivity index is 2.01. The fraction of sp³-hybridized carbons (Fsp3) is 0.645. The van der Waals surface area contributed by atoms with Crippen molar-refractivity contribution in [1.82, 2.24) is 21.3 Å². The third-order valence-corrected chi connectivity index (χ3v) is 8.18. The maximum atomic E-state index is 13.3. The Hall–Kier alpha value is -3.27. The first-order chi connectivity index (χ1) is 18.9. The van der Waals surface area contributed by atoms with Gasteiger partial charge in [-0.1, -0.05) is 65.0 Å². The van der Waals surface area contributed by atoms with Gasteiger partial charge in [-0.05, 0) is 30.7 Å². The minimum absolute atomic E-state index is 0.157. The molecule has 0 bridgehead atoms. The summed E-state index contributed by atoms with van der Waals surface area (Å²) in [5.74, 6) is -3.33. The van der Waals surface area contributed by atoms with Crippen LogP contribution in [0.4, 0.5) is 0 Å². The van der Waals surface area contributed by atoms with Crippen LogP contribution in [-0.2, 0) is 30.5 Å². The first kappa shape index (κ1) is 33.9. The maximum absolute atomic E-state index is 13.3. The number of amides is 4. The summed E-state index contributed by atoms with van der Waals surface area (Å²) in [7, 11) is 4.32. The number of hydrogen-bond donors (Lipinski definition) is 4. The van der Waals surface area contributed by atoms with Crippen LogP contribution in [0.5, 0.6) is 0 Å². The highest BCUT2D eigenvalue weighted by Gasteiger charge is 2.40. The first-order valence-electron chi connectivity index (χ1n) is 14.5. The molecule has 228 valence electrons. The van der Waals surface area contributed by atoms with E-state index in [4.69, 9.17) is 0 Å². The molecule has 10 nitrogen and oxygen atoms in total. The number of nitrogens with one attached hydrogen (secondary N) is 4. The number of rotatable bonds is 11. The maximum Gasteiger partial charge on any atom is 0.289 e. The minimum Gasteiger partial charge on any atom is -0.345 e. The zero-order chi connectivity index (χ0) is 31.1. The molecule has 5 unspecified atom stereocenters. The lowest BCUT2D eigenvalue weighted by atomic mass is 9.84. The number of benzene rings is 1. The third-order valence-electron chi connectivity index (χ3n) is 8.18. The molecule has 10 heteroatoms. The van der Waals surface area contributed by atoms with Gasteiger partial charge in [0.15, 0.2) is 0 Å². The number of ketones is 1. The summed E-state index contributed by atoms with van der Waals surface area (Å²) in [6.07, 6.45) is 1.48. The van der Waals surface area contributed by atoms with Gasteiger partial charge in [-0.15, -0.1) is 0 Å². The Kier molecular flexibility index (Phi) is 11.6. The average molecular weight is 573 g/mol. The number of likely N-dealkylation sites (tertiary alicyclic amines) is 1. The number of Topliss-reactive ketones (excluding diaryl/α,β-unsaturated/α-hetero) is 1. The SMILES string of the molecule is CC(NC(=O)C(NC(=O)C1CC[N+](C)(C)C(C)C1)C(C)(C)C)C(=O)NC(C(=O)C(=O)NCc1ccccc1)C(C)C. The predicted octanol–water partition coefficient (Wildman–Crippen LogP) is 1.92. The van der Waals surface area contributed by atoms with Crippen LogP contribution < -0.4 is 21.3 Å². The van der Waals surface area contributed by atoms with E-state index in [9.17, 15) is 24.0 Å². The number of quaternary nitrogens is 1. The van der Waals surface area contributed by atoms with Gasteiger partial charge in [0.2, 0.25) is 23.5 Å². The van der Waals surface area contributed by atoms with E-state index >= 15 is 0 Å². The molecule has 0 saturated carbocycles. The van der Waals surface area contributed by atoms with Gasteiger partial charge in [-0.3, -0.25) is 24.0 Å². The minimum atomic E-state index is -1.06. The zero-order valence-corrected chi connectivity index (χ0v) is 26.2. The van der Waals surface area contributed by atoms with E-state index in [2.05, 4.69) is 42.3 Å². The van der Waals surface area contributed by atoms with Gasteiger partial charge in [-0.25, -0.2) is 0 Å². The molecule has 1 saturated heterocycles. The summed E-state index contributed by atoms with van der Waals surface area (Å²) in [5, 5.41) is 10.9. The lowest BCUT2D eigenvalue weighted by molar-refractivity contribution is -0.918. The van der Waals surface area contributed by atoms with E-state index in [-0.39, 0.29) is 24.3 Å². The highest BCUT2D eigenvalue weighted by atomic mass is 16.2. The predicted molar refractivity (Wildman–Crippen MR) is 158 cm³/mol. The van der Waals surface area contributed by atoms with Crippen LogP contribution in [0.15, 0.2) is 30.3 Å². The highest BCUT2D eigenvalue weighted by molar-refractivity contribution is 6.38. The summed E-state index contributed by atoms with van der Waals surface area (Å²) in [4.78, 5) is 65.0. The number of hydrogen-bond acceptors (Lipinski definition) is 5. The van der Waals surface area contributed by atoms with Gasteiger partial charge < -0.3 is 25.8 Å². The molecular weight excluding hydrogens is 522 g/mol. The molecule has 41 heavy (non-hydrogen) atoms. The van der Waals surface area contributed by atoms with Crippen LogP contribution in [-0.4, -0.2) is 78.7 Å². The van der Waals surface area contributed by atoms with Gasteiger partial charge in [0.25, 0.3) is 5.91 Å². The van der Waals surface area contributed by atoms with Crippen LogP contribution in [0.2, 0.25) is 0 Å². The molecule has 4 amide bonds. The molecule has 1 aliphatic rings. The fourth-order valence-corrected chi connectivity index (χ4v) is 4.88. The van der Waals surface area contributed by atoms with Crippen LogP contribution in [0, 0.1) is 17.3 Å². The molecule has 0 aliphatic carbocycles. The quantitative estimate of drug-likeness (QED) is 0.238. The van der Waals surface area contributed by atoms with E-state index in [1.165, 1.54) is 6.92 Å². The summed E-state index contributed by atoms with van der Waals surface area (Å²) in [6, 6.07) is 6.59. The standard InChI is InChI=1S/C31H49N5O5/c1-19(2)24(25(37)29(40)32-18-22-13-11-10-12-14-22)34-27(38)21(4)33-30(41)26(31(5,6)7)35-28(39)23-15-16-36(8,9)20(3)17-23/h10-14,19-21,23-24,26H,15-18H2,1-9H3,(H3-,32,33,34,35,38,39,40,41)/p+1. The van der Waals surface area contributed by atoms with Crippen molar-refractivity contribution >= 4 is 29.4 Å².